The fourth-order valence-electron chi connectivity index (χ4n) is 1.81. The normalized spacial score (nSPS) is 13.0. The van der Waals surface area contributed by atoms with E-state index in [0.717, 1.165) is 11.5 Å². The Labute approximate surface area is 144 Å². The summed E-state index contributed by atoms with van der Waals surface area (Å²) in [5.74, 6) is 1.58. The Balaban J connectivity index is 2.80. The Bertz CT molecular complexity index is 462. The molecule has 0 spiro atoms. The number of hydrogen-bond donors (Lipinski definition) is 0. The fourth-order valence-corrected chi connectivity index (χ4v) is 4.05. The monoisotopic (exact) mass is 388 g/mol. The van der Waals surface area contributed by atoms with Gasteiger partial charge in [0.2, 0.25) is 0 Å². The number of carbonyl (C=O) groups excluding carboxylic acids is 1. The summed E-state index contributed by atoms with van der Waals surface area (Å²) in [5, 5.41) is 0.152. The number of carbonyl (C=O) groups is 1. The van der Waals surface area contributed by atoms with Crippen molar-refractivity contribution in [2.45, 2.75) is 33.3 Å². The van der Waals surface area contributed by atoms with Gasteiger partial charge in [-0.05, 0) is 0 Å². The zero-order valence-corrected chi connectivity index (χ0v) is 15.9. The summed E-state index contributed by atoms with van der Waals surface area (Å²) in [6.07, 6.45) is 0.0883. The predicted octanol–water partition coefficient (Wildman–Crippen LogP) is 2.97. The van der Waals surface area contributed by atoms with E-state index in [1.165, 1.54) is 16.2 Å². The minimum absolute atomic E-state index is 0.152. The molecule has 0 fully saturated rings. The van der Waals surface area contributed by atoms with Gasteiger partial charge in [-0.2, -0.15) is 0 Å². The molecule has 0 heterocycles. The quantitative estimate of drug-likeness (QED) is 0.457. The summed E-state index contributed by atoms with van der Waals surface area (Å²) in [7, 11) is 0. The van der Waals surface area contributed by atoms with Crippen LogP contribution in [0.15, 0.2) is 41.1 Å². The van der Waals surface area contributed by atoms with Crippen molar-refractivity contribution in [2.75, 3.05) is 19.0 Å². The number of rotatable bonds is 10. The first-order chi connectivity index (χ1) is 10.7. The van der Waals surface area contributed by atoms with Crippen LogP contribution in [0.5, 0.6) is 0 Å². The summed E-state index contributed by atoms with van der Waals surface area (Å²) in [4.78, 5) is 14.0. The first-order valence-electron chi connectivity index (χ1n) is 7.53. The van der Waals surface area contributed by atoms with E-state index >= 15 is 0 Å². The molecule has 5 heteroatoms. The van der Waals surface area contributed by atoms with E-state index in [2.05, 4.69) is 17.1 Å². The van der Waals surface area contributed by atoms with Crippen LogP contribution in [0.3, 0.4) is 0 Å². The third-order valence-corrected chi connectivity index (χ3v) is 5.36. The average molecular weight is 387 g/mol. The van der Waals surface area contributed by atoms with E-state index < -0.39 is 0 Å². The van der Waals surface area contributed by atoms with Crippen molar-refractivity contribution < 1.29 is 14.3 Å². The zero-order chi connectivity index (χ0) is 16.2. The molecule has 0 aliphatic heterocycles. The average Bonchev–Trinajstić information content (AvgIpc) is 2.52. The van der Waals surface area contributed by atoms with Gasteiger partial charge in [0.15, 0.2) is 0 Å². The first-order valence-corrected chi connectivity index (χ1v) is 10.4. The predicted molar refractivity (Wildman–Crippen MR) is 94.7 cm³/mol. The molecule has 0 bridgehead atoms. The molecule has 0 N–H and O–H groups in total. The maximum atomic E-state index is 11.9. The molecule has 0 aliphatic carbocycles. The molecule has 0 aromatic heterocycles. The summed E-state index contributed by atoms with van der Waals surface area (Å²) in [6, 6.07) is 10.3. The van der Waals surface area contributed by atoms with E-state index in [4.69, 9.17) is 9.47 Å². The number of ether oxygens (including phenoxy) is 2. The maximum absolute atomic E-state index is 11.9. The van der Waals surface area contributed by atoms with Crippen LogP contribution in [0.2, 0.25) is 0 Å². The second kappa shape index (κ2) is 11.8. The minimum atomic E-state index is -0.276. The molecule has 1 atom stereocenters. The Morgan fingerprint density at radius 3 is 2.55 bits per heavy atom. The second-order valence-corrected chi connectivity index (χ2v) is 7.64. The molecule has 1 rings (SSSR count). The molecular formula is C17H24O3SSe. The SMILES string of the molecule is CCO/C(=C\[Se]c1ccccc1)C(CC(=O)SCC)OCC. The van der Waals surface area contributed by atoms with E-state index in [9.17, 15) is 4.79 Å². The Kier molecular flexibility index (Phi) is 10.3. The van der Waals surface area contributed by atoms with E-state index in [0.29, 0.717) is 19.6 Å². The van der Waals surface area contributed by atoms with E-state index in [-0.39, 0.29) is 26.2 Å². The summed E-state index contributed by atoms with van der Waals surface area (Å²) in [6.45, 7) is 7.02. The van der Waals surface area contributed by atoms with Gasteiger partial charge in [-0.3, -0.25) is 0 Å². The third-order valence-electron chi connectivity index (χ3n) is 2.71. The second-order valence-electron chi connectivity index (χ2n) is 4.34. The van der Waals surface area contributed by atoms with Crippen LogP contribution in [0.4, 0.5) is 0 Å². The fraction of sp³-hybridized carbons (Fsp3) is 0.471. The van der Waals surface area contributed by atoms with Crippen LogP contribution in [0.25, 0.3) is 0 Å². The molecule has 0 radical (unpaired) electrons. The Morgan fingerprint density at radius 2 is 1.95 bits per heavy atom. The van der Waals surface area contributed by atoms with Crippen molar-refractivity contribution in [3.8, 4) is 0 Å². The van der Waals surface area contributed by atoms with Gasteiger partial charge in [0, 0.05) is 0 Å². The van der Waals surface area contributed by atoms with Crippen LogP contribution < -0.4 is 4.46 Å². The Morgan fingerprint density at radius 1 is 1.23 bits per heavy atom. The Hall–Kier alpha value is -0.741. The summed E-state index contributed by atoms with van der Waals surface area (Å²) >= 11 is 1.51. The number of thioether (sulfide) groups is 1. The van der Waals surface area contributed by atoms with Gasteiger partial charge in [-0.1, -0.05) is 0 Å². The van der Waals surface area contributed by atoms with Crippen molar-refractivity contribution in [3.05, 3.63) is 41.1 Å². The molecule has 122 valence electrons. The van der Waals surface area contributed by atoms with Crippen LogP contribution in [-0.4, -0.2) is 45.1 Å². The van der Waals surface area contributed by atoms with Crippen molar-refractivity contribution in [2.24, 2.45) is 0 Å². The third kappa shape index (κ3) is 7.50. The van der Waals surface area contributed by atoms with Crippen molar-refractivity contribution in [1.29, 1.82) is 0 Å². The topological polar surface area (TPSA) is 35.5 Å². The van der Waals surface area contributed by atoms with Crippen LogP contribution in [0, 0.1) is 0 Å². The van der Waals surface area contributed by atoms with Gasteiger partial charge >= 0.3 is 144 Å². The van der Waals surface area contributed by atoms with E-state index in [1.54, 1.807) is 0 Å². The standard InChI is InChI=1S/C17H24O3SSe/c1-4-19-15(12-17(18)21-6-3)16(20-5-2)13-22-14-10-8-7-9-11-14/h7-11,13,15H,4-6,12H2,1-3H3/b16-13-. The van der Waals surface area contributed by atoms with Crippen molar-refractivity contribution >= 4 is 36.3 Å². The molecular weight excluding hydrogens is 363 g/mol. The molecule has 1 unspecified atom stereocenters. The van der Waals surface area contributed by atoms with Crippen LogP contribution in [0.1, 0.15) is 27.2 Å². The van der Waals surface area contributed by atoms with Crippen molar-refractivity contribution in [3.63, 3.8) is 0 Å². The summed E-state index contributed by atoms with van der Waals surface area (Å²) < 4.78 is 12.8. The zero-order valence-electron chi connectivity index (χ0n) is 13.4. The number of hydrogen-bond acceptors (Lipinski definition) is 4. The molecule has 0 saturated carbocycles. The van der Waals surface area contributed by atoms with Crippen LogP contribution >= 0.6 is 11.8 Å². The number of benzene rings is 1. The molecule has 1 aromatic carbocycles. The van der Waals surface area contributed by atoms with Crippen molar-refractivity contribution in [1.82, 2.24) is 0 Å². The van der Waals surface area contributed by atoms with Gasteiger partial charge in [-0.25, -0.2) is 0 Å². The van der Waals surface area contributed by atoms with E-state index in [1.807, 2.05) is 39.0 Å². The van der Waals surface area contributed by atoms with Crippen LogP contribution in [-0.2, 0) is 14.3 Å². The molecule has 0 aliphatic rings. The first kappa shape index (κ1) is 19.3. The summed E-state index contributed by atoms with van der Waals surface area (Å²) in [5.41, 5.74) is 0. The van der Waals surface area contributed by atoms with Gasteiger partial charge in [0.25, 0.3) is 0 Å². The molecule has 1 aromatic rings. The molecule has 0 amide bonds. The van der Waals surface area contributed by atoms with Gasteiger partial charge < -0.3 is 0 Å². The van der Waals surface area contributed by atoms with Gasteiger partial charge in [0.1, 0.15) is 0 Å². The van der Waals surface area contributed by atoms with Gasteiger partial charge in [0.05, 0.1) is 0 Å². The molecule has 0 saturated heterocycles. The molecule has 3 nitrogen and oxygen atoms in total. The van der Waals surface area contributed by atoms with Gasteiger partial charge in [-0.15, -0.1) is 0 Å². The molecule has 22 heavy (non-hydrogen) atoms.